The average molecular weight is 467 g/mol. The lowest BCUT2D eigenvalue weighted by Gasteiger charge is -2.38. The highest BCUT2D eigenvalue weighted by atomic mass is 79.9. The van der Waals surface area contributed by atoms with E-state index in [2.05, 4.69) is 43.6 Å². The first-order chi connectivity index (χ1) is 13.7. The van der Waals surface area contributed by atoms with E-state index in [-0.39, 0.29) is 28.7 Å². The average Bonchev–Trinajstić information content (AvgIpc) is 2.66. The molecule has 0 heterocycles. The lowest BCUT2D eigenvalue weighted by molar-refractivity contribution is -0.112. The maximum atomic E-state index is 11.4. The number of hydrogen-bond donors (Lipinski definition) is 2. The Morgan fingerprint density at radius 3 is 2.28 bits per heavy atom. The lowest BCUT2D eigenvalue weighted by Crippen LogP contribution is -2.28. The Hall–Kier alpha value is -1.03. The van der Waals surface area contributed by atoms with Crippen LogP contribution in [-0.4, -0.2) is 21.8 Å². The van der Waals surface area contributed by atoms with Crippen molar-refractivity contribution >= 4 is 22.2 Å². The molecule has 0 amide bonds. The van der Waals surface area contributed by atoms with Crippen LogP contribution >= 0.6 is 15.9 Å². The third-order valence-corrected chi connectivity index (χ3v) is 7.53. The van der Waals surface area contributed by atoms with Crippen molar-refractivity contribution in [3.8, 4) is 11.5 Å². The first-order valence-electron chi connectivity index (χ1n) is 11.3. The Morgan fingerprint density at radius 2 is 1.72 bits per heavy atom. The minimum Gasteiger partial charge on any atom is -0.508 e. The molecule has 2 rings (SSSR count). The number of carbonyl (C=O) groups is 1. The minimum atomic E-state index is -0.1000. The zero-order chi connectivity index (χ0) is 21.6. The summed E-state index contributed by atoms with van der Waals surface area (Å²) in [5.74, 6) is 1.24. The third-order valence-electron chi connectivity index (χ3n) is 6.97. The van der Waals surface area contributed by atoms with E-state index in [4.69, 9.17) is 0 Å². The summed E-state index contributed by atoms with van der Waals surface area (Å²) in [6.45, 7) is 8.76. The standard InChI is InChI=1S/C25H39BrO3/c1-17(2)20-10-9-18(16-27)13-21(20)24-22(28)14-19(15-23(24)29)25(3,4)11-7-5-6-8-12-26/h14-18,20-21,28-29H,5-13H2,1-4H3/t18-,20+,21-/m1/s1. The summed E-state index contributed by atoms with van der Waals surface area (Å²) in [5, 5.41) is 22.9. The molecular formula is C25H39BrO3. The van der Waals surface area contributed by atoms with Crippen LogP contribution in [0.1, 0.15) is 96.1 Å². The first-order valence-corrected chi connectivity index (χ1v) is 12.4. The highest BCUT2D eigenvalue weighted by Gasteiger charge is 2.36. The van der Waals surface area contributed by atoms with Crippen molar-refractivity contribution in [2.45, 2.75) is 90.4 Å². The van der Waals surface area contributed by atoms with E-state index in [0.717, 1.165) is 42.9 Å². The van der Waals surface area contributed by atoms with Gasteiger partial charge in [0.2, 0.25) is 0 Å². The molecule has 0 spiro atoms. The Labute approximate surface area is 185 Å². The molecule has 3 nitrogen and oxygen atoms in total. The number of halogens is 1. The number of benzene rings is 1. The summed E-state index contributed by atoms with van der Waals surface area (Å²) < 4.78 is 0. The van der Waals surface area contributed by atoms with Crippen molar-refractivity contribution in [1.82, 2.24) is 0 Å². The molecule has 1 aromatic rings. The van der Waals surface area contributed by atoms with Gasteiger partial charge in [-0.2, -0.15) is 0 Å². The Kier molecular flexibility index (Phi) is 9.06. The van der Waals surface area contributed by atoms with Crippen molar-refractivity contribution in [2.75, 3.05) is 5.33 Å². The SMILES string of the molecule is CC(C)[C@@H]1CC[C@@H](C=O)C[C@H]1c1c(O)cc(C(C)(C)CCCCCCBr)cc1O. The van der Waals surface area contributed by atoms with Crippen molar-refractivity contribution in [3.63, 3.8) is 0 Å². The second-order valence-electron chi connectivity index (χ2n) is 9.89. The van der Waals surface area contributed by atoms with Gasteiger partial charge in [-0.3, -0.25) is 0 Å². The predicted molar refractivity (Wildman–Crippen MR) is 124 cm³/mol. The summed E-state index contributed by atoms with van der Waals surface area (Å²) in [7, 11) is 0. The maximum absolute atomic E-state index is 11.4. The predicted octanol–water partition coefficient (Wildman–Crippen LogP) is 7.08. The van der Waals surface area contributed by atoms with Crippen molar-refractivity contribution in [2.24, 2.45) is 17.8 Å². The number of rotatable bonds is 10. The van der Waals surface area contributed by atoms with Crippen LogP contribution in [0.2, 0.25) is 0 Å². The second-order valence-corrected chi connectivity index (χ2v) is 10.7. The second kappa shape index (κ2) is 10.8. The lowest BCUT2D eigenvalue weighted by atomic mass is 9.66. The van der Waals surface area contributed by atoms with Crippen LogP contribution < -0.4 is 0 Å². The van der Waals surface area contributed by atoms with Gasteiger partial charge in [0.1, 0.15) is 17.8 Å². The number of alkyl halides is 1. The monoisotopic (exact) mass is 466 g/mol. The number of aromatic hydroxyl groups is 2. The molecule has 1 fully saturated rings. The Morgan fingerprint density at radius 1 is 1.10 bits per heavy atom. The van der Waals surface area contributed by atoms with Crippen LogP contribution in [0.3, 0.4) is 0 Å². The van der Waals surface area contributed by atoms with E-state index in [9.17, 15) is 15.0 Å². The fourth-order valence-electron chi connectivity index (χ4n) is 5.03. The molecule has 0 aromatic heterocycles. The fraction of sp³-hybridized carbons (Fsp3) is 0.720. The topological polar surface area (TPSA) is 57.5 Å². The Bertz CT molecular complexity index is 645. The molecule has 0 radical (unpaired) electrons. The van der Waals surface area contributed by atoms with Gasteiger partial charge < -0.3 is 15.0 Å². The molecule has 1 aromatic carbocycles. The Balaban J connectivity index is 2.24. The number of hydrogen-bond acceptors (Lipinski definition) is 3. The van der Waals surface area contributed by atoms with Crippen LogP contribution in [0.25, 0.3) is 0 Å². The minimum absolute atomic E-state index is 0.0180. The van der Waals surface area contributed by atoms with Crippen LogP contribution in [0.5, 0.6) is 11.5 Å². The van der Waals surface area contributed by atoms with Crippen molar-refractivity contribution < 1.29 is 15.0 Å². The number of phenols is 2. The summed E-state index contributed by atoms with van der Waals surface area (Å²) in [6.07, 6.45) is 9.44. The molecule has 0 aliphatic heterocycles. The van der Waals surface area contributed by atoms with E-state index in [1.165, 1.54) is 19.3 Å². The molecule has 1 aliphatic rings. The molecule has 29 heavy (non-hydrogen) atoms. The van der Waals surface area contributed by atoms with Gasteiger partial charge in [-0.15, -0.1) is 0 Å². The van der Waals surface area contributed by atoms with Crippen LogP contribution in [0, 0.1) is 17.8 Å². The van der Waals surface area contributed by atoms with E-state index in [0.29, 0.717) is 23.8 Å². The van der Waals surface area contributed by atoms with Gasteiger partial charge in [0.25, 0.3) is 0 Å². The smallest absolute Gasteiger partial charge is 0.123 e. The summed E-state index contributed by atoms with van der Waals surface area (Å²) in [6, 6.07) is 3.71. The normalized spacial score (nSPS) is 22.8. The van der Waals surface area contributed by atoms with Crippen molar-refractivity contribution in [3.05, 3.63) is 23.3 Å². The first kappa shape index (κ1) is 24.2. The van der Waals surface area contributed by atoms with Crippen molar-refractivity contribution in [1.29, 1.82) is 0 Å². The summed E-state index contributed by atoms with van der Waals surface area (Å²) in [4.78, 5) is 11.4. The van der Waals surface area contributed by atoms with E-state index in [1.54, 1.807) is 0 Å². The van der Waals surface area contributed by atoms with Crippen LogP contribution in [0.15, 0.2) is 12.1 Å². The molecule has 0 bridgehead atoms. The number of unbranched alkanes of at least 4 members (excludes halogenated alkanes) is 3. The largest absolute Gasteiger partial charge is 0.508 e. The number of phenolic OH excluding ortho intramolecular Hbond substituents is 2. The molecule has 0 saturated heterocycles. The van der Waals surface area contributed by atoms with Gasteiger partial charge in [-0.05, 0) is 73.0 Å². The molecule has 4 heteroatoms. The zero-order valence-electron chi connectivity index (χ0n) is 18.6. The van der Waals surface area contributed by atoms with E-state index in [1.807, 2.05) is 12.1 Å². The van der Waals surface area contributed by atoms with Gasteiger partial charge >= 0.3 is 0 Å². The number of aldehydes is 1. The van der Waals surface area contributed by atoms with Gasteiger partial charge in [-0.25, -0.2) is 0 Å². The van der Waals surface area contributed by atoms with Crippen LogP contribution in [-0.2, 0) is 10.2 Å². The van der Waals surface area contributed by atoms with Gasteiger partial charge in [0.15, 0.2) is 0 Å². The fourth-order valence-corrected chi connectivity index (χ4v) is 5.43. The molecule has 0 unspecified atom stereocenters. The van der Waals surface area contributed by atoms with Crippen LogP contribution in [0.4, 0.5) is 0 Å². The highest BCUT2D eigenvalue weighted by molar-refractivity contribution is 9.09. The van der Waals surface area contributed by atoms with Gasteiger partial charge in [0, 0.05) is 16.8 Å². The van der Waals surface area contributed by atoms with Gasteiger partial charge in [0.05, 0.1) is 0 Å². The molecule has 1 aliphatic carbocycles. The zero-order valence-corrected chi connectivity index (χ0v) is 20.2. The number of carbonyl (C=O) groups excluding carboxylic acids is 1. The molecular weight excluding hydrogens is 428 g/mol. The summed E-state index contributed by atoms with van der Waals surface area (Å²) >= 11 is 3.48. The van der Waals surface area contributed by atoms with E-state index < -0.39 is 0 Å². The highest BCUT2D eigenvalue weighted by Crippen LogP contribution is 2.50. The molecule has 1 saturated carbocycles. The van der Waals surface area contributed by atoms with Gasteiger partial charge in [-0.1, -0.05) is 62.9 Å². The van der Waals surface area contributed by atoms with E-state index >= 15 is 0 Å². The maximum Gasteiger partial charge on any atom is 0.123 e. The third kappa shape index (κ3) is 6.23. The summed E-state index contributed by atoms with van der Waals surface area (Å²) in [5.41, 5.74) is 1.53. The molecule has 3 atom stereocenters. The molecule has 2 N–H and O–H groups in total. The quantitative estimate of drug-likeness (QED) is 0.220. The molecule has 164 valence electrons.